The van der Waals surface area contributed by atoms with E-state index in [1.807, 2.05) is 12.1 Å². The van der Waals surface area contributed by atoms with E-state index in [0.29, 0.717) is 19.4 Å². The van der Waals surface area contributed by atoms with E-state index in [1.165, 1.54) is 49.3 Å². The number of hydrogen-bond donors (Lipinski definition) is 2. The van der Waals surface area contributed by atoms with Gasteiger partial charge in [0.1, 0.15) is 0 Å². The van der Waals surface area contributed by atoms with Gasteiger partial charge in [0.25, 0.3) is 0 Å². The molecule has 1 atom stereocenters. The third-order valence-corrected chi connectivity index (χ3v) is 6.22. The molecule has 0 aromatic heterocycles. The summed E-state index contributed by atoms with van der Waals surface area (Å²) in [6.45, 7) is 0.495. The van der Waals surface area contributed by atoms with E-state index in [2.05, 4.69) is 35.6 Å². The van der Waals surface area contributed by atoms with Gasteiger partial charge >= 0.3 is 0 Å². The molecular weight excluding hydrogens is 360 g/mol. The highest BCUT2D eigenvalue weighted by Gasteiger charge is 2.22. The lowest BCUT2D eigenvalue weighted by molar-refractivity contribution is -0.123. The van der Waals surface area contributed by atoms with Gasteiger partial charge in [-0.2, -0.15) is 0 Å². The van der Waals surface area contributed by atoms with Gasteiger partial charge in [-0.25, -0.2) is 0 Å². The predicted molar refractivity (Wildman–Crippen MR) is 119 cm³/mol. The zero-order valence-corrected chi connectivity index (χ0v) is 17.4. The topological polar surface area (TPSA) is 72.2 Å². The van der Waals surface area contributed by atoms with E-state index in [1.54, 1.807) is 0 Å². The van der Waals surface area contributed by atoms with Crippen molar-refractivity contribution >= 4 is 22.6 Å². The van der Waals surface area contributed by atoms with Gasteiger partial charge in [0.15, 0.2) is 0 Å². The van der Waals surface area contributed by atoms with Crippen molar-refractivity contribution in [2.24, 2.45) is 11.7 Å². The second-order valence-electron chi connectivity index (χ2n) is 8.46. The number of benzene rings is 2. The van der Waals surface area contributed by atoms with Crippen LogP contribution in [0.2, 0.25) is 0 Å². The molecule has 0 aliphatic heterocycles. The summed E-state index contributed by atoms with van der Waals surface area (Å²) < 4.78 is 0. The van der Waals surface area contributed by atoms with Crippen molar-refractivity contribution in [1.29, 1.82) is 0 Å². The molecule has 1 fully saturated rings. The fourth-order valence-corrected chi connectivity index (χ4v) is 4.56. The predicted octanol–water partition coefficient (Wildman–Crippen LogP) is 5.06. The van der Waals surface area contributed by atoms with E-state index in [0.717, 1.165) is 24.3 Å². The Labute approximate surface area is 174 Å². The third kappa shape index (κ3) is 6.59. The molecule has 0 heterocycles. The van der Waals surface area contributed by atoms with Crippen LogP contribution in [0.25, 0.3) is 10.8 Å². The van der Waals surface area contributed by atoms with Gasteiger partial charge in [0, 0.05) is 13.0 Å². The zero-order chi connectivity index (χ0) is 20.5. The number of nitrogens with one attached hydrogen (secondary N) is 1. The van der Waals surface area contributed by atoms with Crippen molar-refractivity contribution in [3.8, 4) is 0 Å². The average molecular weight is 395 g/mol. The van der Waals surface area contributed by atoms with Crippen molar-refractivity contribution in [3.63, 3.8) is 0 Å². The van der Waals surface area contributed by atoms with Crippen LogP contribution in [-0.2, 0) is 9.59 Å². The Balaban J connectivity index is 1.65. The monoisotopic (exact) mass is 394 g/mol. The van der Waals surface area contributed by atoms with Gasteiger partial charge in [-0.05, 0) is 35.1 Å². The maximum atomic E-state index is 13.0. The van der Waals surface area contributed by atoms with Crippen molar-refractivity contribution in [2.45, 2.75) is 70.1 Å². The normalized spacial score (nSPS) is 15.9. The maximum Gasteiger partial charge on any atom is 0.227 e. The summed E-state index contributed by atoms with van der Waals surface area (Å²) in [6.07, 6.45) is 10.9. The highest BCUT2D eigenvalue weighted by Crippen LogP contribution is 2.31. The fraction of sp³-hybridized carbons (Fsp3) is 0.520. The summed E-state index contributed by atoms with van der Waals surface area (Å²) in [6, 6.07) is 14.6. The summed E-state index contributed by atoms with van der Waals surface area (Å²) in [5, 5.41) is 5.39. The Kier molecular flexibility index (Phi) is 8.09. The first-order chi connectivity index (χ1) is 14.1. The van der Waals surface area contributed by atoms with Crippen molar-refractivity contribution in [3.05, 3.63) is 48.0 Å². The van der Waals surface area contributed by atoms with Gasteiger partial charge < -0.3 is 11.1 Å². The van der Waals surface area contributed by atoms with Crippen LogP contribution in [0.3, 0.4) is 0 Å². The van der Waals surface area contributed by atoms with E-state index in [9.17, 15) is 9.59 Å². The van der Waals surface area contributed by atoms with Crippen molar-refractivity contribution in [2.75, 3.05) is 6.54 Å². The molecule has 156 valence electrons. The molecular formula is C25H34N2O2. The molecule has 1 aliphatic carbocycles. The molecule has 29 heavy (non-hydrogen) atoms. The van der Waals surface area contributed by atoms with Crippen LogP contribution >= 0.6 is 0 Å². The second-order valence-corrected chi connectivity index (χ2v) is 8.46. The molecule has 1 aliphatic rings. The second kappa shape index (κ2) is 11.0. The Bertz CT molecular complexity index is 811. The molecule has 0 bridgehead atoms. The van der Waals surface area contributed by atoms with Crippen LogP contribution in [0, 0.1) is 5.92 Å². The Morgan fingerprint density at radius 1 is 1.00 bits per heavy atom. The molecule has 2 aromatic carbocycles. The largest absolute Gasteiger partial charge is 0.370 e. The minimum Gasteiger partial charge on any atom is -0.370 e. The zero-order valence-electron chi connectivity index (χ0n) is 17.4. The van der Waals surface area contributed by atoms with Gasteiger partial charge in [-0.1, -0.05) is 87.4 Å². The number of rotatable bonds is 10. The van der Waals surface area contributed by atoms with Gasteiger partial charge in [0.05, 0.1) is 5.92 Å². The molecule has 0 saturated heterocycles. The molecule has 3 rings (SSSR count). The summed E-state index contributed by atoms with van der Waals surface area (Å²) in [5.41, 5.74) is 6.28. The first kappa shape index (κ1) is 21.4. The molecule has 0 radical (unpaired) electrons. The van der Waals surface area contributed by atoms with Gasteiger partial charge in [-0.3, -0.25) is 9.59 Å². The number of fused-ring (bicyclic) bond motifs is 1. The summed E-state index contributed by atoms with van der Waals surface area (Å²) in [4.78, 5) is 23.9. The lowest BCUT2D eigenvalue weighted by Crippen LogP contribution is -2.31. The summed E-state index contributed by atoms with van der Waals surface area (Å²) in [7, 11) is 0. The van der Waals surface area contributed by atoms with Crippen LogP contribution in [0.4, 0.5) is 0 Å². The number of hydrogen-bond acceptors (Lipinski definition) is 2. The van der Waals surface area contributed by atoms with E-state index < -0.39 is 0 Å². The minimum absolute atomic E-state index is 0.0633. The molecule has 4 nitrogen and oxygen atoms in total. The van der Waals surface area contributed by atoms with E-state index in [-0.39, 0.29) is 17.7 Å². The maximum absolute atomic E-state index is 13.0. The number of amides is 2. The highest BCUT2D eigenvalue weighted by atomic mass is 16.2. The number of primary amides is 1. The van der Waals surface area contributed by atoms with Crippen LogP contribution in [-0.4, -0.2) is 18.4 Å². The summed E-state index contributed by atoms with van der Waals surface area (Å²) in [5.74, 6) is 0.433. The molecule has 1 unspecified atom stereocenters. The molecule has 2 amide bonds. The highest BCUT2D eigenvalue weighted by molar-refractivity contribution is 5.87. The quantitative estimate of drug-likeness (QED) is 0.553. The molecule has 1 saturated carbocycles. The molecule has 3 N–H and O–H groups in total. The standard InChI is InChI=1S/C25H34N2O2/c26-24(28)14-7-17-27-25(29)23(13-6-10-19-8-2-1-3-9-19)22-16-15-20-11-4-5-12-21(20)18-22/h4-5,11-12,15-16,18-19,23H,1-3,6-10,13-14,17H2,(H2,26,28)(H,27,29). The number of carbonyl (C=O) groups is 2. The SMILES string of the molecule is NC(=O)CCCNC(=O)C(CCCC1CCCCC1)c1ccc2ccccc2c1. The van der Waals surface area contributed by atoms with E-state index in [4.69, 9.17) is 5.73 Å². The van der Waals surface area contributed by atoms with Crippen LogP contribution in [0.5, 0.6) is 0 Å². The third-order valence-electron chi connectivity index (χ3n) is 6.22. The first-order valence-corrected chi connectivity index (χ1v) is 11.2. The first-order valence-electron chi connectivity index (χ1n) is 11.2. The molecule has 4 heteroatoms. The Hall–Kier alpha value is -2.36. The lowest BCUT2D eigenvalue weighted by Gasteiger charge is -2.23. The average Bonchev–Trinajstić information content (AvgIpc) is 2.74. The van der Waals surface area contributed by atoms with Crippen LogP contribution < -0.4 is 11.1 Å². The number of nitrogens with two attached hydrogens (primary N) is 1. The van der Waals surface area contributed by atoms with Gasteiger partial charge in [0.2, 0.25) is 11.8 Å². The van der Waals surface area contributed by atoms with Crippen LogP contribution in [0.15, 0.2) is 42.5 Å². The molecule has 0 spiro atoms. The van der Waals surface area contributed by atoms with Gasteiger partial charge in [-0.15, -0.1) is 0 Å². The van der Waals surface area contributed by atoms with Crippen LogP contribution in [0.1, 0.15) is 75.7 Å². The fourth-order valence-electron chi connectivity index (χ4n) is 4.56. The van der Waals surface area contributed by atoms with Crippen molar-refractivity contribution < 1.29 is 9.59 Å². The minimum atomic E-state index is -0.321. The lowest BCUT2D eigenvalue weighted by atomic mass is 9.83. The Morgan fingerprint density at radius 3 is 2.52 bits per heavy atom. The Morgan fingerprint density at radius 2 is 1.76 bits per heavy atom. The number of carbonyl (C=O) groups excluding carboxylic acids is 2. The smallest absolute Gasteiger partial charge is 0.227 e. The van der Waals surface area contributed by atoms with E-state index >= 15 is 0 Å². The molecule has 2 aromatic rings. The summed E-state index contributed by atoms with van der Waals surface area (Å²) >= 11 is 0. The van der Waals surface area contributed by atoms with Crippen molar-refractivity contribution in [1.82, 2.24) is 5.32 Å².